The Morgan fingerprint density at radius 3 is 2.41 bits per heavy atom. The van der Waals surface area contributed by atoms with Crippen LogP contribution in [-0.4, -0.2) is 48.5 Å². The lowest BCUT2D eigenvalue weighted by molar-refractivity contribution is -0.384. The molecule has 1 amide bonds. The Bertz CT molecular complexity index is 854. The van der Waals surface area contributed by atoms with Gasteiger partial charge in [-0.2, -0.15) is 0 Å². The van der Waals surface area contributed by atoms with Crippen LogP contribution in [0, 0.1) is 10.1 Å². The number of para-hydroxylation sites is 1. The van der Waals surface area contributed by atoms with E-state index in [0.717, 1.165) is 5.69 Å². The first-order chi connectivity index (χ1) is 13.0. The van der Waals surface area contributed by atoms with E-state index in [-0.39, 0.29) is 29.0 Å². The molecule has 142 valence electrons. The van der Waals surface area contributed by atoms with Gasteiger partial charge >= 0.3 is 0 Å². The third-order valence-electron chi connectivity index (χ3n) is 4.30. The van der Waals surface area contributed by atoms with Crippen LogP contribution in [0.25, 0.3) is 0 Å². The molecule has 0 N–H and O–H groups in total. The number of carbonyl (C=O) groups is 1. The predicted molar refractivity (Wildman–Crippen MR) is 104 cm³/mol. The second-order valence-electron chi connectivity index (χ2n) is 5.98. The zero-order valence-electron chi connectivity index (χ0n) is 14.3. The van der Waals surface area contributed by atoms with Gasteiger partial charge in [0.1, 0.15) is 5.75 Å². The highest BCUT2D eigenvalue weighted by Gasteiger charge is 2.23. The Morgan fingerprint density at radius 2 is 1.78 bits per heavy atom. The first-order valence-corrected chi connectivity index (χ1v) is 9.05. The number of hydrogen-bond donors (Lipinski definition) is 0. The normalized spacial score (nSPS) is 14.1. The molecule has 0 spiro atoms. The van der Waals surface area contributed by atoms with Gasteiger partial charge in [-0.15, -0.1) is 0 Å². The number of amides is 1. The van der Waals surface area contributed by atoms with Gasteiger partial charge in [-0.25, -0.2) is 0 Å². The molecular weight excluding hydrogens is 393 g/mol. The Labute approximate surface area is 166 Å². The van der Waals surface area contributed by atoms with Crippen LogP contribution in [0.2, 0.25) is 10.0 Å². The average Bonchev–Trinajstić information content (AvgIpc) is 2.67. The van der Waals surface area contributed by atoms with Crippen molar-refractivity contribution >= 4 is 40.5 Å². The molecule has 2 aromatic carbocycles. The van der Waals surface area contributed by atoms with Crippen LogP contribution < -0.4 is 9.64 Å². The molecule has 0 aromatic heterocycles. The number of nitro benzene ring substituents is 1. The maximum absolute atomic E-state index is 12.4. The van der Waals surface area contributed by atoms with E-state index in [1.165, 1.54) is 18.2 Å². The molecule has 7 nitrogen and oxygen atoms in total. The topological polar surface area (TPSA) is 75.9 Å². The van der Waals surface area contributed by atoms with Crippen molar-refractivity contribution in [3.63, 3.8) is 0 Å². The first kappa shape index (κ1) is 19.3. The van der Waals surface area contributed by atoms with Crippen molar-refractivity contribution in [3.05, 3.63) is 62.6 Å². The van der Waals surface area contributed by atoms with Gasteiger partial charge in [-0.3, -0.25) is 14.9 Å². The molecule has 9 heteroatoms. The highest BCUT2D eigenvalue weighted by atomic mass is 35.5. The lowest BCUT2D eigenvalue weighted by Gasteiger charge is -2.36. The standard InChI is InChI=1S/C18H17Cl2N3O4/c19-14-3-1-2-4-16(14)21-7-9-22(10-8-21)18(24)12-27-17-6-5-13(23(25)26)11-15(17)20/h1-6,11H,7-10,12H2. The van der Waals surface area contributed by atoms with E-state index in [1.807, 2.05) is 24.3 Å². The van der Waals surface area contributed by atoms with Crippen LogP contribution in [0.4, 0.5) is 11.4 Å². The molecule has 0 aliphatic carbocycles. The highest BCUT2D eigenvalue weighted by Crippen LogP contribution is 2.29. The second kappa shape index (κ2) is 8.45. The summed E-state index contributed by atoms with van der Waals surface area (Å²) < 4.78 is 5.44. The van der Waals surface area contributed by atoms with Gasteiger partial charge in [0.05, 0.1) is 20.7 Å². The number of hydrogen-bond acceptors (Lipinski definition) is 5. The number of rotatable bonds is 5. The molecular formula is C18H17Cl2N3O4. The molecule has 1 fully saturated rings. The summed E-state index contributed by atoms with van der Waals surface area (Å²) in [7, 11) is 0. The summed E-state index contributed by atoms with van der Waals surface area (Å²) in [5, 5.41) is 11.5. The lowest BCUT2D eigenvalue weighted by atomic mass is 10.2. The minimum Gasteiger partial charge on any atom is -0.482 e. The molecule has 0 radical (unpaired) electrons. The van der Waals surface area contributed by atoms with Gasteiger partial charge in [-0.1, -0.05) is 35.3 Å². The number of carbonyl (C=O) groups excluding carboxylic acids is 1. The highest BCUT2D eigenvalue weighted by molar-refractivity contribution is 6.33. The summed E-state index contributed by atoms with van der Waals surface area (Å²) in [5.41, 5.74) is 0.828. The van der Waals surface area contributed by atoms with Gasteiger partial charge in [-0.05, 0) is 18.2 Å². The number of piperazine rings is 1. The zero-order chi connectivity index (χ0) is 19.4. The first-order valence-electron chi connectivity index (χ1n) is 8.29. The maximum Gasteiger partial charge on any atom is 0.271 e. The fourth-order valence-electron chi connectivity index (χ4n) is 2.86. The molecule has 27 heavy (non-hydrogen) atoms. The summed E-state index contributed by atoms with van der Waals surface area (Å²) >= 11 is 12.2. The van der Waals surface area contributed by atoms with Crippen LogP contribution in [-0.2, 0) is 4.79 Å². The molecule has 0 atom stereocenters. The Balaban J connectivity index is 1.53. The molecule has 1 aliphatic rings. The van der Waals surface area contributed by atoms with Gasteiger partial charge < -0.3 is 14.5 Å². The molecule has 0 unspecified atom stereocenters. The third-order valence-corrected chi connectivity index (χ3v) is 4.92. The van der Waals surface area contributed by atoms with Gasteiger partial charge in [0.25, 0.3) is 11.6 Å². The van der Waals surface area contributed by atoms with Crippen molar-refractivity contribution in [3.8, 4) is 5.75 Å². The van der Waals surface area contributed by atoms with Gasteiger partial charge in [0, 0.05) is 38.3 Å². The average molecular weight is 410 g/mol. The van der Waals surface area contributed by atoms with Crippen molar-refractivity contribution in [2.45, 2.75) is 0 Å². The number of halogens is 2. The van der Waals surface area contributed by atoms with Crippen molar-refractivity contribution in [1.29, 1.82) is 0 Å². The van der Waals surface area contributed by atoms with E-state index < -0.39 is 4.92 Å². The number of nitrogens with zero attached hydrogens (tertiary/aromatic N) is 3. The second-order valence-corrected chi connectivity index (χ2v) is 6.79. The van der Waals surface area contributed by atoms with Gasteiger partial charge in [0.2, 0.25) is 0 Å². The van der Waals surface area contributed by atoms with Crippen LogP contribution in [0.1, 0.15) is 0 Å². The molecule has 3 rings (SSSR count). The van der Waals surface area contributed by atoms with E-state index in [2.05, 4.69) is 4.90 Å². The monoisotopic (exact) mass is 409 g/mol. The predicted octanol–water partition coefficient (Wildman–Crippen LogP) is 3.63. The SMILES string of the molecule is O=C(COc1ccc([N+](=O)[O-])cc1Cl)N1CCN(c2ccccc2Cl)CC1. The van der Waals surface area contributed by atoms with Crippen molar-refractivity contribution < 1.29 is 14.5 Å². The smallest absolute Gasteiger partial charge is 0.271 e. The minimum absolute atomic E-state index is 0.0977. The van der Waals surface area contributed by atoms with E-state index in [9.17, 15) is 14.9 Å². The fourth-order valence-corrected chi connectivity index (χ4v) is 3.34. The van der Waals surface area contributed by atoms with E-state index in [1.54, 1.807) is 4.90 Å². The summed E-state index contributed by atoms with van der Waals surface area (Å²) in [6.45, 7) is 2.29. The molecule has 0 saturated carbocycles. The molecule has 1 heterocycles. The Morgan fingerprint density at radius 1 is 1.07 bits per heavy atom. The van der Waals surface area contributed by atoms with Crippen LogP contribution >= 0.6 is 23.2 Å². The molecule has 1 saturated heterocycles. The summed E-state index contributed by atoms with van der Waals surface area (Å²) in [4.78, 5) is 26.4. The van der Waals surface area contributed by atoms with Crippen LogP contribution in [0.3, 0.4) is 0 Å². The quantitative estimate of drug-likeness (QED) is 0.556. The molecule has 2 aromatic rings. The minimum atomic E-state index is -0.542. The van der Waals surface area contributed by atoms with E-state index in [4.69, 9.17) is 27.9 Å². The van der Waals surface area contributed by atoms with E-state index in [0.29, 0.717) is 31.2 Å². The van der Waals surface area contributed by atoms with E-state index >= 15 is 0 Å². The van der Waals surface area contributed by atoms with Crippen molar-refractivity contribution in [1.82, 2.24) is 4.90 Å². The maximum atomic E-state index is 12.4. The molecule has 1 aliphatic heterocycles. The number of non-ortho nitro benzene ring substituents is 1. The fraction of sp³-hybridized carbons (Fsp3) is 0.278. The number of nitro groups is 1. The van der Waals surface area contributed by atoms with Crippen molar-refractivity contribution in [2.24, 2.45) is 0 Å². The molecule has 0 bridgehead atoms. The third kappa shape index (κ3) is 4.61. The van der Waals surface area contributed by atoms with Gasteiger partial charge in [0.15, 0.2) is 6.61 Å². The number of benzene rings is 2. The zero-order valence-corrected chi connectivity index (χ0v) is 15.8. The largest absolute Gasteiger partial charge is 0.482 e. The van der Waals surface area contributed by atoms with Crippen molar-refractivity contribution in [2.75, 3.05) is 37.7 Å². The van der Waals surface area contributed by atoms with Crippen LogP contribution in [0.5, 0.6) is 5.75 Å². The Kier molecular flexibility index (Phi) is 6.03. The lowest BCUT2D eigenvalue weighted by Crippen LogP contribution is -2.50. The summed E-state index contributed by atoms with van der Waals surface area (Å²) in [6.07, 6.45) is 0. The van der Waals surface area contributed by atoms with Crippen LogP contribution in [0.15, 0.2) is 42.5 Å². The number of ether oxygens (including phenoxy) is 1. The summed E-state index contributed by atoms with van der Waals surface area (Å²) in [5.74, 6) is 0.0774. The number of anilines is 1. The summed E-state index contributed by atoms with van der Waals surface area (Å²) in [6, 6.07) is 11.5. The Hall–Kier alpha value is -2.51.